The first-order valence-corrected chi connectivity index (χ1v) is 14.5. The van der Waals surface area contributed by atoms with Crippen molar-refractivity contribution in [2.75, 3.05) is 39.5 Å². The zero-order valence-corrected chi connectivity index (χ0v) is 22.8. The highest BCUT2D eigenvalue weighted by Crippen LogP contribution is 2.19. The third-order valence-electron chi connectivity index (χ3n) is 6.60. The average Bonchev–Trinajstić information content (AvgIpc) is 3.04. The van der Waals surface area contributed by atoms with Gasteiger partial charge in [-0.2, -0.15) is 0 Å². The van der Waals surface area contributed by atoms with Gasteiger partial charge in [0, 0.05) is 32.8 Å². The normalized spacial score (nSPS) is 23.9. The van der Waals surface area contributed by atoms with Gasteiger partial charge in [-0.25, -0.2) is 0 Å². The molecule has 1 saturated heterocycles. The monoisotopic (exact) mass is 503 g/mol. The minimum Gasteiger partial charge on any atom is -0.389 e. The molecule has 0 aromatic rings. The fourth-order valence-electron chi connectivity index (χ4n) is 4.35. The molecule has 8 nitrogen and oxygen atoms in total. The summed E-state index contributed by atoms with van der Waals surface area (Å²) in [6.07, 6.45) is 15.2. The number of aliphatic hydroxyl groups excluding tert-OH is 1. The standard InChI is InChI=1S/C27H57N3O5/c1-3-5-7-9-11-13-15-17-32-25-21-30-27(34-22-23(31)19-28)35-24(20-29)26(25)33-18-16-14-12-10-8-6-4-2/h23-27,30-31H,3-22,28-29H2,1-2H3/t23?,24?,25-,26?,27+/m1/s1. The molecule has 6 N–H and O–H groups in total. The Morgan fingerprint density at radius 3 is 1.89 bits per heavy atom. The van der Waals surface area contributed by atoms with Crippen LogP contribution in [0.3, 0.4) is 0 Å². The van der Waals surface area contributed by atoms with Gasteiger partial charge in [-0.05, 0) is 12.8 Å². The molecule has 5 atom stereocenters. The smallest absolute Gasteiger partial charge is 0.216 e. The van der Waals surface area contributed by atoms with Crippen molar-refractivity contribution in [2.24, 2.45) is 11.5 Å². The van der Waals surface area contributed by atoms with E-state index in [1.165, 1.54) is 77.0 Å². The molecule has 0 aromatic carbocycles. The molecule has 210 valence electrons. The van der Waals surface area contributed by atoms with E-state index >= 15 is 0 Å². The average molecular weight is 504 g/mol. The lowest BCUT2D eigenvalue weighted by Gasteiger charge is -2.30. The fourth-order valence-corrected chi connectivity index (χ4v) is 4.35. The summed E-state index contributed by atoms with van der Waals surface area (Å²) in [7, 11) is 0. The lowest BCUT2D eigenvalue weighted by atomic mass is 10.1. The number of hydrogen-bond donors (Lipinski definition) is 4. The van der Waals surface area contributed by atoms with Crippen molar-refractivity contribution in [3.8, 4) is 0 Å². The minimum atomic E-state index is -0.728. The van der Waals surface area contributed by atoms with Crippen molar-refractivity contribution in [2.45, 2.75) is 135 Å². The van der Waals surface area contributed by atoms with E-state index in [9.17, 15) is 5.11 Å². The van der Waals surface area contributed by atoms with E-state index in [-0.39, 0.29) is 31.5 Å². The van der Waals surface area contributed by atoms with Crippen molar-refractivity contribution >= 4 is 0 Å². The molecule has 0 amide bonds. The van der Waals surface area contributed by atoms with Gasteiger partial charge in [0.2, 0.25) is 6.41 Å². The third-order valence-corrected chi connectivity index (χ3v) is 6.60. The molecule has 3 unspecified atom stereocenters. The SMILES string of the molecule is CCCCCCCCCOC1C(CN)O[C@H](OCC(O)CN)NC[C@H]1OCCCCCCCCC. The highest BCUT2D eigenvalue weighted by atomic mass is 16.7. The Bertz CT molecular complexity index is 461. The molecular formula is C27H57N3O5. The van der Waals surface area contributed by atoms with E-state index in [4.69, 9.17) is 30.4 Å². The van der Waals surface area contributed by atoms with Crippen LogP contribution in [0.5, 0.6) is 0 Å². The molecule has 0 bridgehead atoms. The predicted molar refractivity (Wildman–Crippen MR) is 142 cm³/mol. The zero-order chi connectivity index (χ0) is 25.6. The summed E-state index contributed by atoms with van der Waals surface area (Å²) in [6.45, 7) is 6.94. The number of hydrogen-bond acceptors (Lipinski definition) is 8. The first-order valence-electron chi connectivity index (χ1n) is 14.5. The Labute approximate surface area is 215 Å². The van der Waals surface area contributed by atoms with Crippen LogP contribution in [0.2, 0.25) is 0 Å². The van der Waals surface area contributed by atoms with Crippen LogP contribution in [0, 0.1) is 0 Å². The second-order valence-corrected chi connectivity index (χ2v) is 9.86. The number of nitrogens with one attached hydrogen (secondary N) is 1. The van der Waals surface area contributed by atoms with Crippen LogP contribution in [0.25, 0.3) is 0 Å². The topological polar surface area (TPSA) is 121 Å². The summed E-state index contributed by atoms with van der Waals surface area (Å²) in [5, 5.41) is 13.0. The number of aliphatic hydroxyl groups is 1. The maximum Gasteiger partial charge on any atom is 0.216 e. The van der Waals surface area contributed by atoms with E-state index in [1.807, 2.05) is 0 Å². The van der Waals surface area contributed by atoms with E-state index in [0.717, 1.165) is 12.8 Å². The Morgan fingerprint density at radius 2 is 1.34 bits per heavy atom. The Hall–Kier alpha value is -0.320. The largest absolute Gasteiger partial charge is 0.389 e. The zero-order valence-electron chi connectivity index (χ0n) is 22.8. The molecule has 1 rings (SSSR count). The van der Waals surface area contributed by atoms with Crippen LogP contribution in [0.4, 0.5) is 0 Å². The maximum absolute atomic E-state index is 9.75. The van der Waals surface area contributed by atoms with E-state index in [1.54, 1.807) is 0 Å². The van der Waals surface area contributed by atoms with Crippen molar-refractivity contribution in [3.05, 3.63) is 0 Å². The number of nitrogens with two attached hydrogens (primary N) is 2. The van der Waals surface area contributed by atoms with Gasteiger partial charge < -0.3 is 35.5 Å². The molecule has 1 aliphatic rings. The summed E-state index contributed by atoms with van der Waals surface area (Å²) in [4.78, 5) is 0. The molecule has 0 spiro atoms. The maximum atomic E-state index is 9.75. The number of unbranched alkanes of at least 4 members (excludes halogenated alkanes) is 12. The minimum absolute atomic E-state index is 0.0958. The van der Waals surface area contributed by atoms with Gasteiger partial charge in [0.15, 0.2) is 0 Å². The molecule has 1 heterocycles. The van der Waals surface area contributed by atoms with Crippen molar-refractivity contribution in [1.29, 1.82) is 0 Å². The van der Waals surface area contributed by atoms with Crippen LogP contribution in [0.15, 0.2) is 0 Å². The summed E-state index contributed by atoms with van der Waals surface area (Å²) >= 11 is 0. The predicted octanol–water partition coefficient (Wildman–Crippen LogP) is 3.82. The van der Waals surface area contributed by atoms with Gasteiger partial charge in [0.25, 0.3) is 0 Å². The van der Waals surface area contributed by atoms with E-state index in [2.05, 4.69) is 19.2 Å². The first kappa shape index (κ1) is 32.7. The lowest BCUT2D eigenvalue weighted by molar-refractivity contribution is -0.210. The highest BCUT2D eigenvalue weighted by Gasteiger charge is 2.37. The summed E-state index contributed by atoms with van der Waals surface area (Å²) in [5.41, 5.74) is 11.6. The molecule has 0 saturated carbocycles. The quantitative estimate of drug-likeness (QED) is 0.155. The molecule has 1 aliphatic heterocycles. The third kappa shape index (κ3) is 16.2. The van der Waals surface area contributed by atoms with Crippen molar-refractivity contribution < 1.29 is 24.1 Å². The molecule has 35 heavy (non-hydrogen) atoms. The van der Waals surface area contributed by atoms with Gasteiger partial charge in [-0.1, -0.05) is 90.9 Å². The van der Waals surface area contributed by atoms with E-state index in [0.29, 0.717) is 26.3 Å². The molecule has 8 heteroatoms. The molecule has 1 fully saturated rings. The lowest BCUT2D eigenvalue weighted by Crippen LogP contribution is -2.47. The van der Waals surface area contributed by atoms with Gasteiger partial charge in [-0.3, -0.25) is 5.32 Å². The van der Waals surface area contributed by atoms with Crippen molar-refractivity contribution in [1.82, 2.24) is 5.32 Å². The second-order valence-electron chi connectivity index (χ2n) is 9.86. The van der Waals surface area contributed by atoms with Crippen LogP contribution >= 0.6 is 0 Å². The summed E-state index contributed by atoms with van der Waals surface area (Å²) < 4.78 is 24.4. The first-order chi connectivity index (χ1) is 17.2. The van der Waals surface area contributed by atoms with Gasteiger partial charge >= 0.3 is 0 Å². The Morgan fingerprint density at radius 1 is 0.800 bits per heavy atom. The van der Waals surface area contributed by atoms with Gasteiger partial charge in [0.05, 0.1) is 18.8 Å². The highest BCUT2D eigenvalue weighted by molar-refractivity contribution is 4.85. The summed E-state index contributed by atoms with van der Waals surface area (Å²) in [6, 6.07) is 0. The molecule has 0 radical (unpaired) electrons. The van der Waals surface area contributed by atoms with Crippen molar-refractivity contribution in [3.63, 3.8) is 0 Å². The molecule has 0 aromatic heterocycles. The second kappa shape index (κ2) is 22.8. The van der Waals surface area contributed by atoms with Crippen LogP contribution in [0.1, 0.15) is 104 Å². The Kier molecular flexibility index (Phi) is 21.3. The number of ether oxygens (including phenoxy) is 4. The number of rotatable bonds is 23. The fraction of sp³-hybridized carbons (Fsp3) is 1.00. The van der Waals surface area contributed by atoms with Crippen LogP contribution in [-0.2, 0) is 18.9 Å². The van der Waals surface area contributed by atoms with Crippen LogP contribution < -0.4 is 16.8 Å². The summed E-state index contributed by atoms with van der Waals surface area (Å²) in [5.74, 6) is 0. The molecular weight excluding hydrogens is 446 g/mol. The van der Waals surface area contributed by atoms with Crippen LogP contribution in [-0.4, -0.2) is 75.4 Å². The van der Waals surface area contributed by atoms with Gasteiger partial charge in [0.1, 0.15) is 12.2 Å². The Balaban J connectivity index is 2.53. The molecule has 0 aliphatic carbocycles. The van der Waals surface area contributed by atoms with E-state index < -0.39 is 12.5 Å². The van der Waals surface area contributed by atoms with Gasteiger partial charge in [-0.15, -0.1) is 0 Å².